The molecule has 1 saturated heterocycles. The first-order valence-corrected chi connectivity index (χ1v) is 7.18. The molecule has 1 aromatic rings. The molecule has 1 heterocycles. The molecule has 0 aliphatic carbocycles. The highest BCUT2D eigenvalue weighted by Crippen LogP contribution is 2.29. The number of carbonyl (C=O) groups is 1. The lowest BCUT2D eigenvalue weighted by molar-refractivity contribution is -0.146. The zero-order valence-corrected chi connectivity index (χ0v) is 12.6. The number of esters is 1. The molecular weight excluding hydrogens is 252 g/mol. The van der Waals surface area contributed by atoms with Gasteiger partial charge >= 0.3 is 5.97 Å². The fraction of sp³-hybridized carbons (Fsp3) is 0.562. The van der Waals surface area contributed by atoms with Crippen molar-refractivity contribution in [2.75, 3.05) is 32.6 Å². The molecule has 4 heteroatoms. The Kier molecular flexibility index (Phi) is 4.65. The second-order valence-electron chi connectivity index (χ2n) is 5.67. The number of benzene rings is 1. The summed E-state index contributed by atoms with van der Waals surface area (Å²) in [4.78, 5) is 14.6. The van der Waals surface area contributed by atoms with Crippen LogP contribution in [0.3, 0.4) is 0 Å². The first-order chi connectivity index (χ1) is 9.57. The minimum atomic E-state index is -0.606. The zero-order valence-electron chi connectivity index (χ0n) is 12.6. The van der Waals surface area contributed by atoms with E-state index in [1.54, 1.807) is 0 Å². The molecule has 1 aromatic carbocycles. The lowest BCUT2D eigenvalue weighted by Gasteiger charge is -2.32. The Hall–Kier alpha value is -1.55. The predicted molar refractivity (Wildman–Crippen MR) is 80.9 cm³/mol. The van der Waals surface area contributed by atoms with Crippen molar-refractivity contribution in [2.24, 2.45) is 0 Å². The van der Waals surface area contributed by atoms with E-state index in [1.807, 2.05) is 18.2 Å². The molecule has 0 radical (unpaired) electrons. The van der Waals surface area contributed by atoms with E-state index < -0.39 is 5.54 Å². The van der Waals surface area contributed by atoms with Crippen LogP contribution in [-0.2, 0) is 9.53 Å². The van der Waals surface area contributed by atoms with Gasteiger partial charge in [-0.15, -0.1) is 0 Å². The third-order valence-corrected chi connectivity index (χ3v) is 4.16. The van der Waals surface area contributed by atoms with Crippen LogP contribution in [-0.4, -0.2) is 43.7 Å². The van der Waals surface area contributed by atoms with E-state index in [0.29, 0.717) is 0 Å². The molecule has 0 bridgehead atoms. The Morgan fingerprint density at radius 2 is 2.05 bits per heavy atom. The molecule has 1 aliphatic rings. The average molecular weight is 276 g/mol. The van der Waals surface area contributed by atoms with Crippen molar-refractivity contribution in [1.29, 1.82) is 0 Å². The summed E-state index contributed by atoms with van der Waals surface area (Å²) in [7, 11) is 3.57. The minimum Gasteiger partial charge on any atom is -0.467 e. The van der Waals surface area contributed by atoms with Gasteiger partial charge in [0.2, 0.25) is 0 Å². The SMILES string of the molecule is COC(=O)C1(Nc2ccccc2C)CCCN(C)CC1. The Balaban J connectivity index is 2.28. The van der Waals surface area contributed by atoms with Gasteiger partial charge < -0.3 is 15.0 Å². The van der Waals surface area contributed by atoms with Gasteiger partial charge in [-0.3, -0.25) is 0 Å². The molecule has 4 nitrogen and oxygen atoms in total. The quantitative estimate of drug-likeness (QED) is 0.861. The molecule has 0 spiro atoms. The summed E-state index contributed by atoms with van der Waals surface area (Å²) in [6.07, 6.45) is 2.56. The van der Waals surface area contributed by atoms with Crippen molar-refractivity contribution in [1.82, 2.24) is 4.90 Å². The number of para-hydroxylation sites is 1. The Morgan fingerprint density at radius 1 is 1.30 bits per heavy atom. The average Bonchev–Trinajstić information content (AvgIpc) is 2.64. The Morgan fingerprint density at radius 3 is 2.75 bits per heavy atom. The molecule has 1 fully saturated rings. The maximum absolute atomic E-state index is 12.4. The van der Waals surface area contributed by atoms with Gasteiger partial charge in [-0.25, -0.2) is 4.79 Å². The molecule has 0 amide bonds. The number of hydrogen-bond donors (Lipinski definition) is 1. The van der Waals surface area contributed by atoms with Gasteiger partial charge in [0, 0.05) is 12.2 Å². The lowest BCUT2D eigenvalue weighted by Crippen LogP contribution is -2.48. The largest absolute Gasteiger partial charge is 0.467 e. The summed E-state index contributed by atoms with van der Waals surface area (Å²) in [5, 5.41) is 3.47. The highest BCUT2D eigenvalue weighted by molar-refractivity contribution is 5.85. The van der Waals surface area contributed by atoms with Crippen LogP contribution < -0.4 is 5.32 Å². The molecule has 20 heavy (non-hydrogen) atoms. The fourth-order valence-corrected chi connectivity index (χ4v) is 2.82. The second-order valence-corrected chi connectivity index (χ2v) is 5.67. The van der Waals surface area contributed by atoms with Gasteiger partial charge in [0.25, 0.3) is 0 Å². The van der Waals surface area contributed by atoms with Crippen molar-refractivity contribution < 1.29 is 9.53 Å². The van der Waals surface area contributed by atoms with Crippen LogP contribution in [0, 0.1) is 6.92 Å². The number of ether oxygens (including phenoxy) is 1. The Labute approximate surface area is 121 Å². The third kappa shape index (κ3) is 3.12. The molecule has 110 valence electrons. The van der Waals surface area contributed by atoms with E-state index in [9.17, 15) is 4.79 Å². The summed E-state index contributed by atoms with van der Waals surface area (Å²) in [5.74, 6) is -0.156. The lowest BCUT2D eigenvalue weighted by atomic mass is 9.89. The maximum Gasteiger partial charge on any atom is 0.331 e. The van der Waals surface area contributed by atoms with Gasteiger partial charge in [-0.1, -0.05) is 18.2 Å². The second kappa shape index (κ2) is 6.27. The van der Waals surface area contributed by atoms with Crippen molar-refractivity contribution in [3.05, 3.63) is 29.8 Å². The van der Waals surface area contributed by atoms with Crippen LogP contribution in [0.4, 0.5) is 5.69 Å². The van der Waals surface area contributed by atoms with Crippen molar-refractivity contribution in [2.45, 2.75) is 31.7 Å². The topological polar surface area (TPSA) is 41.6 Å². The number of rotatable bonds is 3. The van der Waals surface area contributed by atoms with Gasteiger partial charge in [0.1, 0.15) is 5.54 Å². The fourth-order valence-electron chi connectivity index (χ4n) is 2.82. The van der Waals surface area contributed by atoms with E-state index in [0.717, 1.165) is 43.6 Å². The number of methoxy groups -OCH3 is 1. The monoisotopic (exact) mass is 276 g/mol. The number of carbonyl (C=O) groups excluding carboxylic acids is 1. The Bertz CT molecular complexity index is 475. The van der Waals surface area contributed by atoms with E-state index in [4.69, 9.17) is 4.74 Å². The van der Waals surface area contributed by atoms with Crippen molar-refractivity contribution in [3.8, 4) is 0 Å². The van der Waals surface area contributed by atoms with E-state index in [1.165, 1.54) is 7.11 Å². The molecule has 0 aromatic heterocycles. The number of anilines is 1. The van der Waals surface area contributed by atoms with E-state index in [-0.39, 0.29) is 5.97 Å². The molecule has 2 rings (SSSR count). The molecular formula is C16H24N2O2. The van der Waals surface area contributed by atoms with Crippen molar-refractivity contribution >= 4 is 11.7 Å². The number of nitrogens with zero attached hydrogens (tertiary/aromatic N) is 1. The minimum absolute atomic E-state index is 0.156. The summed E-state index contributed by atoms with van der Waals surface area (Å²) in [6.45, 7) is 3.97. The molecule has 0 saturated carbocycles. The third-order valence-electron chi connectivity index (χ3n) is 4.16. The maximum atomic E-state index is 12.4. The van der Waals surface area contributed by atoms with Gasteiger partial charge in [-0.2, -0.15) is 0 Å². The number of aryl methyl sites for hydroxylation is 1. The van der Waals surface area contributed by atoms with Crippen LogP contribution >= 0.6 is 0 Å². The standard InChI is InChI=1S/C16H24N2O2/c1-13-7-4-5-8-14(13)17-16(15(19)20-3)9-6-11-18(2)12-10-16/h4-5,7-8,17H,6,9-12H2,1-3H3. The summed E-state index contributed by atoms with van der Waals surface area (Å²) < 4.78 is 5.08. The number of nitrogens with one attached hydrogen (secondary N) is 1. The van der Waals surface area contributed by atoms with Crippen LogP contribution in [0.2, 0.25) is 0 Å². The van der Waals surface area contributed by atoms with Gasteiger partial charge in [0.05, 0.1) is 7.11 Å². The number of likely N-dealkylation sites (tertiary alicyclic amines) is 1. The first kappa shape index (κ1) is 14.9. The molecule has 1 N–H and O–H groups in total. The van der Waals surface area contributed by atoms with Crippen LogP contribution in [0.1, 0.15) is 24.8 Å². The van der Waals surface area contributed by atoms with Crippen LogP contribution in [0.15, 0.2) is 24.3 Å². The van der Waals surface area contributed by atoms with Gasteiger partial charge in [-0.05, 0) is 51.4 Å². The van der Waals surface area contributed by atoms with Crippen LogP contribution in [0.5, 0.6) is 0 Å². The van der Waals surface area contributed by atoms with Crippen molar-refractivity contribution in [3.63, 3.8) is 0 Å². The highest BCUT2D eigenvalue weighted by atomic mass is 16.5. The van der Waals surface area contributed by atoms with Crippen LogP contribution in [0.25, 0.3) is 0 Å². The molecule has 1 atom stereocenters. The summed E-state index contributed by atoms with van der Waals surface area (Å²) in [5.41, 5.74) is 1.56. The molecule has 1 aliphatic heterocycles. The summed E-state index contributed by atoms with van der Waals surface area (Å²) >= 11 is 0. The smallest absolute Gasteiger partial charge is 0.331 e. The zero-order chi connectivity index (χ0) is 14.6. The first-order valence-electron chi connectivity index (χ1n) is 7.18. The van der Waals surface area contributed by atoms with Gasteiger partial charge in [0.15, 0.2) is 0 Å². The van der Waals surface area contributed by atoms with E-state index >= 15 is 0 Å². The summed E-state index contributed by atoms with van der Waals surface area (Å²) in [6, 6.07) is 8.07. The predicted octanol–water partition coefficient (Wildman–Crippen LogP) is 2.43. The highest BCUT2D eigenvalue weighted by Gasteiger charge is 2.40. The normalized spacial score (nSPS) is 23.9. The van der Waals surface area contributed by atoms with E-state index in [2.05, 4.69) is 30.3 Å². The molecule has 1 unspecified atom stereocenters. The number of hydrogen-bond acceptors (Lipinski definition) is 4.